The SMILES string of the molecule is Cc1c(/C=C2/C(=O)NC(=O)N(c3ccc4c(c3)OCO4)C2=O)c2ccccc2n1C. The number of barbiturate groups is 1. The molecule has 1 fully saturated rings. The Morgan fingerprint density at radius 2 is 1.80 bits per heavy atom. The van der Waals surface area contributed by atoms with Crippen LogP contribution in [0.1, 0.15) is 11.3 Å². The molecule has 2 aliphatic rings. The minimum absolute atomic E-state index is 0.0723. The topological polar surface area (TPSA) is 89.9 Å². The van der Waals surface area contributed by atoms with E-state index < -0.39 is 17.8 Å². The van der Waals surface area contributed by atoms with Crippen molar-refractivity contribution in [2.24, 2.45) is 7.05 Å². The third kappa shape index (κ3) is 2.57. The minimum Gasteiger partial charge on any atom is -0.454 e. The molecule has 1 N–H and O–H groups in total. The van der Waals surface area contributed by atoms with E-state index in [0.29, 0.717) is 11.5 Å². The number of aromatic nitrogens is 1. The molecule has 0 atom stereocenters. The lowest BCUT2D eigenvalue weighted by Crippen LogP contribution is -2.54. The van der Waals surface area contributed by atoms with Gasteiger partial charge in [-0.3, -0.25) is 14.9 Å². The highest BCUT2D eigenvalue weighted by molar-refractivity contribution is 6.39. The van der Waals surface area contributed by atoms with Gasteiger partial charge in [-0.05, 0) is 31.2 Å². The molecule has 2 aromatic carbocycles. The van der Waals surface area contributed by atoms with E-state index in [1.165, 1.54) is 6.07 Å². The number of fused-ring (bicyclic) bond motifs is 2. The molecule has 0 aliphatic carbocycles. The van der Waals surface area contributed by atoms with Crippen LogP contribution in [0, 0.1) is 6.92 Å². The standard InChI is InChI=1S/C22H17N3O5/c1-12-15(14-5-3-4-6-17(14)24(12)2)10-16-20(26)23-22(28)25(21(16)27)13-7-8-18-19(9-13)30-11-29-18/h3-10H,11H2,1-2H3,(H,23,26,28)/b16-10-. The number of urea groups is 1. The molecule has 5 rings (SSSR count). The number of benzene rings is 2. The Morgan fingerprint density at radius 3 is 2.63 bits per heavy atom. The summed E-state index contributed by atoms with van der Waals surface area (Å²) in [5, 5.41) is 3.16. The fourth-order valence-electron chi connectivity index (χ4n) is 3.79. The van der Waals surface area contributed by atoms with Crippen molar-refractivity contribution in [3.8, 4) is 11.5 Å². The summed E-state index contributed by atoms with van der Waals surface area (Å²) in [6.45, 7) is 1.99. The summed E-state index contributed by atoms with van der Waals surface area (Å²) in [5.74, 6) is -0.466. The fraction of sp³-hybridized carbons (Fsp3) is 0.136. The van der Waals surface area contributed by atoms with Crippen molar-refractivity contribution >= 4 is 40.5 Å². The predicted molar refractivity (Wildman–Crippen MR) is 109 cm³/mol. The largest absolute Gasteiger partial charge is 0.454 e. The number of hydrogen-bond donors (Lipinski definition) is 1. The molecule has 150 valence electrons. The maximum Gasteiger partial charge on any atom is 0.335 e. The van der Waals surface area contributed by atoms with Gasteiger partial charge in [0.25, 0.3) is 11.8 Å². The average molecular weight is 403 g/mol. The van der Waals surface area contributed by atoms with Gasteiger partial charge < -0.3 is 14.0 Å². The average Bonchev–Trinajstić information content (AvgIpc) is 3.29. The molecule has 1 aromatic heterocycles. The number of anilines is 1. The van der Waals surface area contributed by atoms with Crippen molar-refractivity contribution in [3.05, 3.63) is 59.3 Å². The summed E-state index contributed by atoms with van der Waals surface area (Å²) < 4.78 is 12.6. The van der Waals surface area contributed by atoms with Gasteiger partial charge in [-0.25, -0.2) is 9.69 Å². The van der Waals surface area contributed by atoms with E-state index in [1.807, 2.05) is 42.8 Å². The first kappa shape index (κ1) is 18.0. The van der Waals surface area contributed by atoms with Crippen molar-refractivity contribution in [3.63, 3.8) is 0 Å². The third-order valence-corrected chi connectivity index (χ3v) is 5.45. The van der Waals surface area contributed by atoms with Crippen LogP contribution in [-0.2, 0) is 16.6 Å². The zero-order chi connectivity index (χ0) is 21.0. The number of aryl methyl sites for hydroxylation is 1. The summed E-state index contributed by atoms with van der Waals surface area (Å²) in [4.78, 5) is 39.1. The lowest BCUT2D eigenvalue weighted by atomic mass is 10.0. The molecular weight excluding hydrogens is 386 g/mol. The Kier molecular flexibility index (Phi) is 3.89. The monoisotopic (exact) mass is 403 g/mol. The number of carbonyl (C=O) groups excluding carboxylic acids is 3. The van der Waals surface area contributed by atoms with Crippen LogP contribution in [-0.4, -0.2) is 29.2 Å². The van der Waals surface area contributed by atoms with E-state index >= 15 is 0 Å². The van der Waals surface area contributed by atoms with Gasteiger partial charge in [-0.15, -0.1) is 0 Å². The molecule has 1 saturated heterocycles. The molecule has 0 spiro atoms. The van der Waals surface area contributed by atoms with Crippen LogP contribution in [0.5, 0.6) is 11.5 Å². The van der Waals surface area contributed by atoms with Crippen LogP contribution in [0.2, 0.25) is 0 Å². The number of carbonyl (C=O) groups is 3. The summed E-state index contributed by atoms with van der Waals surface area (Å²) in [7, 11) is 1.92. The van der Waals surface area contributed by atoms with E-state index in [-0.39, 0.29) is 18.1 Å². The Hall–Kier alpha value is -4.07. The number of para-hydroxylation sites is 1. The second-order valence-corrected chi connectivity index (χ2v) is 7.07. The summed E-state index contributed by atoms with van der Waals surface area (Å²) >= 11 is 0. The van der Waals surface area contributed by atoms with Gasteiger partial charge in [-0.2, -0.15) is 0 Å². The summed E-state index contributed by atoms with van der Waals surface area (Å²) in [6, 6.07) is 11.6. The minimum atomic E-state index is -0.810. The summed E-state index contributed by atoms with van der Waals surface area (Å²) in [6.07, 6.45) is 1.54. The van der Waals surface area contributed by atoms with E-state index in [2.05, 4.69) is 5.32 Å². The van der Waals surface area contributed by atoms with E-state index in [1.54, 1.807) is 18.2 Å². The Morgan fingerprint density at radius 1 is 1.03 bits per heavy atom. The van der Waals surface area contributed by atoms with Gasteiger partial charge in [0.15, 0.2) is 11.5 Å². The van der Waals surface area contributed by atoms with E-state index in [4.69, 9.17) is 9.47 Å². The smallest absolute Gasteiger partial charge is 0.335 e. The van der Waals surface area contributed by atoms with Gasteiger partial charge in [0.1, 0.15) is 5.57 Å². The third-order valence-electron chi connectivity index (χ3n) is 5.45. The second-order valence-electron chi connectivity index (χ2n) is 7.07. The van der Waals surface area contributed by atoms with Crippen LogP contribution >= 0.6 is 0 Å². The first-order valence-electron chi connectivity index (χ1n) is 9.31. The zero-order valence-electron chi connectivity index (χ0n) is 16.3. The quantitative estimate of drug-likeness (QED) is 0.525. The van der Waals surface area contributed by atoms with E-state index in [0.717, 1.165) is 27.1 Å². The number of nitrogens with one attached hydrogen (secondary N) is 1. The number of rotatable bonds is 2. The lowest BCUT2D eigenvalue weighted by molar-refractivity contribution is -0.122. The number of imide groups is 2. The molecule has 8 nitrogen and oxygen atoms in total. The van der Waals surface area contributed by atoms with Crippen LogP contribution in [0.3, 0.4) is 0 Å². The van der Waals surface area contributed by atoms with Crippen molar-refractivity contribution in [1.82, 2.24) is 9.88 Å². The lowest BCUT2D eigenvalue weighted by Gasteiger charge is -2.26. The maximum atomic E-state index is 13.2. The molecule has 0 saturated carbocycles. The molecule has 0 radical (unpaired) electrons. The van der Waals surface area contributed by atoms with Gasteiger partial charge >= 0.3 is 6.03 Å². The highest BCUT2D eigenvalue weighted by Gasteiger charge is 2.37. The van der Waals surface area contributed by atoms with Gasteiger partial charge in [-0.1, -0.05) is 18.2 Å². The number of ether oxygens (including phenoxy) is 2. The van der Waals surface area contributed by atoms with Crippen molar-refractivity contribution in [2.75, 3.05) is 11.7 Å². The first-order valence-corrected chi connectivity index (χ1v) is 9.31. The highest BCUT2D eigenvalue weighted by atomic mass is 16.7. The predicted octanol–water partition coefficient (Wildman–Crippen LogP) is 2.88. The number of nitrogens with zero attached hydrogens (tertiary/aromatic N) is 2. The highest BCUT2D eigenvalue weighted by Crippen LogP contribution is 2.36. The normalized spacial score (nSPS) is 17.2. The molecule has 8 heteroatoms. The Balaban J connectivity index is 1.61. The maximum absolute atomic E-state index is 13.2. The molecule has 3 aromatic rings. The number of hydrogen-bond acceptors (Lipinski definition) is 5. The summed E-state index contributed by atoms with van der Waals surface area (Å²) in [5.41, 5.74) is 2.80. The van der Waals surface area contributed by atoms with E-state index in [9.17, 15) is 14.4 Å². The molecular formula is C22H17N3O5. The van der Waals surface area contributed by atoms with Gasteiger partial charge in [0.05, 0.1) is 5.69 Å². The molecule has 4 amide bonds. The number of amides is 4. The molecule has 0 unspecified atom stereocenters. The van der Waals surface area contributed by atoms with Crippen molar-refractivity contribution in [2.45, 2.75) is 6.92 Å². The molecule has 2 aliphatic heterocycles. The van der Waals surface area contributed by atoms with Gasteiger partial charge in [0, 0.05) is 35.3 Å². The van der Waals surface area contributed by atoms with Crippen LogP contribution < -0.4 is 19.7 Å². The van der Waals surface area contributed by atoms with Crippen LogP contribution in [0.15, 0.2) is 48.0 Å². The zero-order valence-corrected chi connectivity index (χ0v) is 16.3. The van der Waals surface area contributed by atoms with Crippen molar-refractivity contribution in [1.29, 1.82) is 0 Å². The Labute approximate surface area is 171 Å². The second kappa shape index (κ2) is 6.48. The first-order chi connectivity index (χ1) is 14.5. The van der Waals surface area contributed by atoms with Crippen LogP contribution in [0.25, 0.3) is 17.0 Å². The molecule has 30 heavy (non-hydrogen) atoms. The van der Waals surface area contributed by atoms with Gasteiger partial charge in [0.2, 0.25) is 6.79 Å². The Bertz CT molecular complexity index is 1290. The molecule has 0 bridgehead atoms. The van der Waals surface area contributed by atoms with Crippen LogP contribution in [0.4, 0.5) is 10.5 Å². The van der Waals surface area contributed by atoms with Crippen molar-refractivity contribution < 1.29 is 23.9 Å². The molecule has 3 heterocycles. The fourth-order valence-corrected chi connectivity index (χ4v) is 3.79.